The number of fused-ring (bicyclic) bond motifs is 2. The van der Waals surface area contributed by atoms with Crippen LogP contribution in [-0.4, -0.2) is 11.8 Å². The van der Waals surface area contributed by atoms with Gasteiger partial charge < -0.3 is 13.9 Å². The van der Waals surface area contributed by atoms with Gasteiger partial charge in [-0.3, -0.25) is 4.79 Å². The highest BCUT2D eigenvalue weighted by Crippen LogP contribution is 2.35. The van der Waals surface area contributed by atoms with Gasteiger partial charge in [0.25, 0.3) is 0 Å². The van der Waals surface area contributed by atoms with Crippen LogP contribution in [0, 0.1) is 0 Å². The number of halogens is 2. The summed E-state index contributed by atoms with van der Waals surface area (Å²) in [6.45, 7) is 0. The molecule has 7 heteroatoms. The highest BCUT2D eigenvalue weighted by Gasteiger charge is 2.28. The number of ether oxygens (including phenoxy) is 2. The quantitative estimate of drug-likeness (QED) is 0.180. The summed E-state index contributed by atoms with van der Waals surface area (Å²) in [5.41, 5.74) is 1.76. The summed E-state index contributed by atoms with van der Waals surface area (Å²) in [7, 11) is 0. The first-order valence-corrected chi connectivity index (χ1v) is 10.4. The summed E-state index contributed by atoms with van der Waals surface area (Å²) in [4.78, 5) is 25.1. The Bertz CT molecular complexity index is 1390. The van der Waals surface area contributed by atoms with Gasteiger partial charge in [0, 0.05) is 20.9 Å². The molecule has 0 N–H and O–H groups in total. The van der Waals surface area contributed by atoms with Gasteiger partial charge in [-0.05, 0) is 60.2 Å². The van der Waals surface area contributed by atoms with Crippen molar-refractivity contribution in [1.29, 1.82) is 0 Å². The first-order valence-electron chi connectivity index (χ1n) is 9.21. The Morgan fingerprint density at radius 3 is 2.61 bits per heavy atom. The molecule has 0 fully saturated rings. The summed E-state index contributed by atoms with van der Waals surface area (Å²) < 4.78 is 17.6. The van der Waals surface area contributed by atoms with Crippen molar-refractivity contribution in [2.45, 2.75) is 0 Å². The van der Waals surface area contributed by atoms with Gasteiger partial charge in [0.1, 0.15) is 17.1 Å². The molecule has 0 spiro atoms. The molecule has 0 aliphatic carbocycles. The fourth-order valence-electron chi connectivity index (χ4n) is 3.21. The molecule has 4 aromatic rings. The van der Waals surface area contributed by atoms with Crippen LogP contribution in [0.25, 0.3) is 17.0 Å². The van der Waals surface area contributed by atoms with E-state index in [1.54, 1.807) is 54.6 Å². The maximum absolute atomic E-state index is 12.6. The van der Waals surface area contributed by atoms with Crippen LogP contribution in [0.15, 0.2) is 81.4 Å². The predicted octanol–water partition coefficient (Wildman–Crippen LogP) is 6.68. The standard InChI is InChI=1S/C24H12BrClO5/c25-15-3-8-19-14(10-15)11-22(30-19)24(28)29-17-6-7-18-20(12-17)31-21(23(18)27)9-13-1-4-16(26)5-2-13/h1-12H/b21-9-. The van der Waals surface area contributed by atoms with Gasteiger partial charge >= 0.3 is 5.97 Å². The summed E-state index contributed by atoms with van der Waals surface area (Å²) in [6.07, 6.45) is 1.64. The van der Waals surface area contributed by atoms with Gasteiger partial charge in [-0.15, -0.1) is 0 Å². The van der Waals surface area contributed by atoms with E-state index in [2.05, 4.69) is 15.9 Å². The molecular weight excluding hydrogens is 484 g/mol. The third kappa shape index (κ3) is 3.87. The number of carbonyl (C=O) groups excluding carboxylic acids is 2. The summed E-state index contributed by atoms with van der Waals surface area (Å²) >= 11 is 9.28. The second-order valence-corrected chi connectivity index (χ2v) is 8.18. The van der Waals surface area contributed by atoms with E-state index in [0.717, 1.165) is 15.4 Å². The average Bonchev–Trinajstić information content (AvgIpc) is 3.30. The first-order chi connectivity index (χ1) is 15.0. The fourth-order valence-corrected chi connectivity index (χ4v) is 3.72. The number of hydrogen-bond donors (Lipinski definition) is 0. The molecule has 5 nitrogen and oxygen atoms in total. The van der Waals surface area contributed by atoms with Crippen LogP contribution >= 0.6 is 27.5 Å². The van der Waals surface area contributed by atoms with E-state index in [1.165, 1.54) is 6.07 Å². The van der Waals surface area contributed by atoms with Crippen LogP contribution in [0.2, 0.25) is 5.02 Å². The van der Waals surface area contributed by atoms with Gasteiger partial charge in [-0.1, -0.05) is 39.7 Å². The van der Waals surface area contributed by atoms with Crippen molar-refractivity contribution in [3.05, 3.63) is 98.9 Å². The molecule has 0 radical (unpaired) electrons. The van der Waals surface area contributed by atoms with Gasteiger partial charge in [0.15, 0.2) is 5.76 Å². The molecular formula is C24H12BrClO5. The SMILES string of the molecule is O=C(Oc1ccc2c(c1)O/C(=C\c1ccc(Cl)cc1)C2=O)c1cc2cc(Br)ccc2o1. The van der Waals surface area contributed by atoms with Crippen LogP contribution in [-0.2, 0) is 0 Å². The van der Waals surface area contributed by atoms with E-state index >= 15 is 0 Å². The van der Waals surface area contributed by atoms with Crippen molar-refractivity contribution in [3.63, 3.8) is 0 Å². The van der Waals surface area contributed by atoms with Crippen molar-refractivity contribution in [2.24, 2.45) is 0 Å². The van der Waals surface area contributed by atoms with Crippen LogP contribution in [0.4, 0.5) is 0 Å². The highest BCUT2D eigenvalue weighted by molar-refractivity contribution is 9.10. The molecule has 0 unspecified atom stereocenters. The van der Waals surface area contributed by atoms with E-state index in [1.807, 2.05) is 12.1 Å². The second-order valence-electron chi connectivity index (χ2n) is 6.83. The van der Waals surface area contributed by atoms with Crippen LogP contribution in [0.1, 0.15) is 26.5 Å². The Morgan fingerprint density at radius 1 is 1.00 bits per heavy atom. The average molecular weight is 496 g/mol. The lowest BCUT2D eigenvalue weighted by molar-refractivity contribution is 0.0703. The Hall–Kier alpha value is -3.35. The summed E-state index contributed by atoms with van der Waals surface area (Å²) in [5.74, 6) is -0.0632. The fraction of sp³-hybridized carbons (Fsp3) is 0. The lowest BCUT2D eigenvalue weighted by Crippen LogP contribution is -2.07. The third-order valence-electron chi connectivity index (χ3n) is 4.70. The normalized spacial score (nSPS) is 14.0. The number of furan rings is 1. The maximum Gasteiger partial charge on any atom is 0.379 e. The number of Topliss-reactive ketones (excluding diaryl/α,β-unsaturated/α-hetero) is 1. The Kier molecular flexibility index (Phi) is 4.88. The van der Waals surface area contributed by atoms with Gasteiger partial charge in [0.2, 0.25) is 11.5 Å². The van der Waals surface area contributed by atoms with Crippen molar-refractivity contribution < 1.29 is 23.5 Å². The Balaban J connectivity index is 1.37. The predicted molar refractivity (Wildman–Crippen MR) is 120 cm³/mol. The van der Waals surface area contributed by atoms with Crippen LogP contribution < -0.4 is 9.47 Å². The third-order valence-corrected chi connectivity index (χ3v) is 5.44. The number of allylic oxidation sites excluding steroid dienone is 1. The van der Waals surface area contributed by atoms with Gasteiger partial charge in [-0.25, -0.2) is 4.79 Å². The number of rotatable bonds is 3. The zero-order valence-corrected chi connectivity index (χ0v) is 18.1. The lowest BCUT2D eigenvalue weighted by atomic mass is 10.1. The van der Waals surface area contributed by atoms with Crippen LogP contribution in [0.5, 0.6) is 11.5 Å². The minimum absolute atomic E-state index is 0.0777. The summed E-state index contributed by atoms with van der Waals surface area (Å²) in [5, 5.41) is 1.38. The van der Waals surface area contributed by atoms with Crippen LogP contribution in [0.3, 0.4) is 0 Å². The zero-order valence-electron chi connectivity index (χ0n) is 15.7. The highest BCUT2D eigenvalue weighted by atomic mass is 79.9. The van der Waals surface area contributed by atoms with Crippen molar-refractivity contribution >= 4 is 56.3 Å². The largest absolute Gasteiger partial charge is 0.452 e. The second kappa shape index (κ2) is 7.72. The molecule has 3 aromatic carbocycles. The maximum atomic E-state index is 12.6. The molecule has 152 valence electrons. The van der Waals surface area contributed by atoms with E-state index in [9.17, 15) is 9.59 Å². The minimum atomic E-state index is -0.645. The summed E-state index contributed by atoms with van der Waals surface area (Å²) in [6, 6.07) is 18.7. The molecule has 0 saturated heterocycles. The molecule has 1 aliphatic rings. The number of esters is 1. The Morgan fingerprint density at radius 2 is 1.81 bits per heavy atom. The molecule has 5 rings (SSSR count). The lowest BCUT2D eigenvalue weighted by Gasteiger charge is -2.04. The topological polar surface area (TPSA) is 65.7 Å². The van der Waals surface area contributed by atoms with E-state index in [0.29, 0.717) is 21.9 Å². The van der Waals surface area contributed by atoms with Crippen molar-refractivity contribution in [3.8, 4) is 11.5 Å². The van der Waals surface area contributed by atoms with Crippen molar-refractivity contribution in [2.75, 3.05) is 0 Å². The molecule has 31 heavy (non-hydrogen) atoms. The number of benzene rings is 3. The monoisotopic (exact) mass is 494 g/mol. The Labute approximate surface area is 190 Å². The molecule has 0 amide bonds. The molecule has 2 heterocycles. The smallest absolute Gasteiger partial charge is 0.379 e. The molecule has 0 bridgehead atoms. The van der Waals surface area contributed by atoms with E-state index in [-0.39, 0.29) is 23.1 Å². The van der Waals surface area contributed by atoms with Crippen molar-refractivity contribution in [1.82, 2.24) is 0 Å². The molecule has 1 aliphatic heterocycles. The molecule has 1 aromatic heterocycles. The van der Waals surface area contributed by atoms with E-state index < -0.39 is 5.97 Å². The first kappa shape index (κ1) is 19.6. The van der Waals surface area contributed by atoms with Gasteiger partial charge in [-0.2, -0.15) is 0 Å². The number of hydrogen-bond acceptors (Lipinski definition) is 5. The van der Waals surface area contributed by atoms with E-state index in [4.69, 9.17) is 25.5 Å². The number of ketones is 1. The molecule has 0 saturated carbocycles. The van der Waals surface area contributed by atoms with Gasteiger partial charge in [0.05, 0.1) is 5.56 Å². The zero-order chi connectivity index (χ0) is 21.5. The molecule has 0 atom stereocenters. The number of carbonyl (C=O) groups is 2. The minimum Gasteiger partial charge on any atom is -0.452 e.